The summed E-state index contributed by atoms with van der Waals surface area (Å²) >= 11 is 0. The molecule has 2 aliphatic heterocycles. The zero-order valence-corrected chi connectivity index (χ0v) is 10.2. The van der Waals surface area contributed by atoms with E-state index in [1.165, 1.54) is 0 Å². The van der Waals surface area contributed by atoms with E-state index < -0.39 is 24.2 Å². The molecule has 0 N–H and O–H groups in total. The SMILES string of the molecule is FC(F)(F)COC12CCC3OC3C1CC21OCCO1. The fraction of sp³-hybridized carbons (Fsp3) is 1.00. The van der Waals surface area contributed by atoms with Gasteiger partial charge in [-0.2, -0.15) is 13.2 Å². The van der Waals surface area contributed by atoms with Crippen LogP contribution in [0.25, 0.3) is 0 Å². The molecule has 4 rings (SSSR count). The van der Waals surface area contributed by atoms with Crippen LogP contribution in [0.2, 0.25) is 0 Å². The van der Waals surface area contributed by atoms with Gasteiger partial charge in [0, 0.05) is 12.3 Å². The molecule has 19 heavy (non-hydrogen) atoms. The van der Waals surface area contributed by atoms with Gasteiger partial charge in [0.15, 0.2) is 5.79 Å². The summed E-state index contributed by atoms with van der Waals surface area (Å²) in [5, 5.41) is 0. The van der Waals surface area contributed by atoms with Crippen LogP contribution in [-0.2, 0) is 18.9 Å². The number of alkyl halides is 3. The fourth-order valence-electron chi connectivity index (χ4n) is 3.95. The Hall–Kier alpha value is -0.370. The van der Waals surface area contributed by atoms with Crippen molar-refractivity contribution < 1.29 is 32.1 Å². The zero-order chi connectivity index (χ0) is 13.3. The van der Waals surface area contributed by atoms with Gasteiger partial charge in [-0.1, -0.05) is 0 Å². The molecule has 108 valence electrons. The predicted molar refractivity (Wildman–Crippen MR) is 55.4 cm³/mol. The molecule has 0 radical (unpaired) electrons. The molecule has 2 saturated carbocycles. The van der Waals surface area contributed by atoms with Crippen molar-refractivity contribution in [1.82, 2.24) is 0 Å². The lowest BCUT2D eigenvalue weighted by Gasteiger charge is -2.61. The maximum absolute atomic E-state index is 12.5. The third kappa shape index (κ3) is 1.62. The third-order valence-corrected chi connectivity index (χ3v) is 4.80. The lowest BCUT2D eigenvalue weighted by atomic mass is 9.57. The minimum absolute atomic E-state index is 0.0282. The normalized spacial score (nSPS) is 46.6. The highest BCUT2D eigenvalue weighted by atomic mass is 19.4. The van der Waals surface area contributed by atoms with Crippen LogP contribution in [0.15, 0.2) is 0 Å². The van der Waals surface area contributed by atoms with Crippen LogP contribution in [0, 0.1) is 5.92 Å². The largest absolute Gasteiger partial charge is 0.411 e. The molecule has 1 spiro atoms. The molecular weight excluding hydrogens is 265 g/mol. The first kappa shape index (κ1) is 12.4. The van der Waals surface area contributed by atoms with Gasteiger partial charge >= 0.3 is 6.18 Å². The average molecular weight is 280 g/mol. The topological polar surface area (TPSA) is 40.2 Å². The lowest BCUT2D eigenvalue weighted by Crippen LogP contribution is -2.74. The van der Waals surface area contributed by atoms with E-state index in [0.29, 0.717) is 32.5 Å². The summed E-state index contributed by atoms with van der Waals surface area (Å²) in [5.41, 5.74) is -0.976. The van der Waals surface area contributed by atoms with E-state index in [2.05, 4.69) is 0 Å². The predicted octanol–water partition coefficient (Wildman–Crippen LogP) is 1.63. The quantitative estimate of drug-likeness (QED) is 0.721. The van der Waals surface area contributed by atoms with Gasteiger partial charge in [0.1, 0.15) is 12.2 Å². The van der Waals surface area contributed by atoms with E-state index in [4.69, 9.17) is 18.9 Å². The second kappa shape index (κ2) is 3.63. The summed E-state index contributed by atoms with van der Waals surface area (Å²) in [4.78, 5) is 0. The molecule has 7 heteroatoms. The Kier molecular flexibility index (Phi) is 2.37. The van der Waals surface area contributed by atoms with E-state index in [-0.39, 0.29) is 18.1 Å². The lowest BCUT2D eigenvalue weighted by molar-refractivity contribution is -0.387. The summed E-state index contributed by atoms with van der Waals surface area (Å²) in [6.45, 7) is -0.424. The monoisotopic (exact) mass is 280 g/mol. The Morgan fingerprint density at radius 1 is 1.21 bits per heavy atom. The Morgan fingerprint density at radius 2 is 1.95 bits per heavy atom. The number of halogens is 3. The molecule has 0 aromatic rings. The van der Waals surface area contributed by atoms with Crippen molar-refractivity contribution in [2.24, 2.45) is 5.92 Å². The van der Waals surface area contributed by atoms with Gasteiger partial charge in [0.25, 0.3) is 0 Å². The molecular formula is C12H15F3O4. The molecule has 2 saturated heterocycles. The third-order valence-electron chi connectivity index (χ3n) is 4.80. The van der Waals surface area contributed by atoms with Crippen LogP contribution >= 0.6 is 0 Å². The summed E-state index contributed by atoms with van der Waals surface area (Å²) in [6.07, 6.45) is -2.31. The zero-order valence-electron chi connectivity index (χ0n) is 10.2. The van der Waals surface area contributed by atoms with E-state index >= 15 is 0 Å². The van der Waals surface area contributed by atoms with Crippen LogP contribution in [0.3, 0.4) is 0 Å². The molecule has 0 aromatic heterocycles. The number of hydrogen-bond acceptors (Lipinski definition) is 4. The first-order valence-corrected chi connectivity index (χ1v) is 6.60. The Labute approximate surface area is 108 Å². The summed E-state index contributed by atoms with van der Waals surface area (Å²) < 4.78 is 59.5. The molecule has 2 aliphatic carbocycles. The van der Waals surface area contributed by atoms with Crippen molar-refractivity contribution in [3.63, 3.8) is 0 Å². The van der Waals surface area contributed by atoms with E-state index in [9.17, 15) is 13.2 Å². The Morgan fingerprint density at radius 3 is 2.63 bits per heavy atom. The molecule has 4 aliphatic rings. The van der Waals surface area contributed by atoms with Crippen molar-refractivity contribution >= 4 is 0 Å². The van der Waals surface area contributed by atoms with Gasteiger partial charge < -0.3 is 18.9 Å². The minimum Gasteiger partial charge on any atom is -0.369 e. The summed E-state index contributed by atoms with van der Waals surface area (Å²) in [6, 6.07) is 0. The van der Waals surface area contributed by atoms with Gasteiger partial charge in [0.05, 0.1) is 25.4 Å². The number of ether oxygens (including phenoxy) is 4. The van der Waals surface area contributed by atoms with Crippen LogP contribution in [0.1, 0.15) is 19.3 Å². The van der Waals surface area contributed by atoms with E-state index in [1.54, 1.807) is 0 Å². The molecule has 0 aromatic carbocycles. The molecule has 0 amide bonds. The highest BCUT2D eigenvalue weighted by Gasteiger charge is 2.77. The molecule has 4 fully saturated rings. The highest BCUT2D eigenvalue weighted by molar-refractivity contribution is 5.22. The molecule has 4 atom stereocenters. The first-order valence-electron chi connectivity index (χ1n) is 6.60. The van der Waals surface area contributed by atoms with Crippen molar-refractivity contribution in [3.8, 4) is 0 Å². The minimum atomic E-state index is -4.34. The Balaban J connectivity index is 1.59. The Bertz CT molecular complexity index is 393. The maximum Gasteiger partial charge on any atom is 0.411 e. The van der Waals surface area contributed by atoms with Gasteiger partial charge in [0.2, 0.25) is 0 Å². The second-order valence-corrected chi connectivity index (χ2v) is 5.73. The molecule has 0 bridgehead atoms. The first-order chi connectivity index (χ1) is 8.96. The number of fused-ring (bicyclic) bond motifs is 4. The van der Waals surface area contributed by atoms with Gasteiger partial charge in [-0.05, 0) is 12.8 Å². The van der Waals surface area contributed by atoms with E-state index in [0.717, 1.165) is 0 Å². The molecule has 4 unspecified atom stereocenters. The van der Waals surface area contributed by atoms with Gasteiger partial charge in [-0.25, -0.2) is 0 Å². The van der Waals surface area contributed by atoms with Crippen LogP contribution in [0.5, 0.6) is 0 Å². The number of rotatable bonds is 2. The van der Waals surface area contributed by atoms with Gasteiger partial charge in [-0.3, -0.25) is 0 Å². The molecule has 4 nitrogen and oxygen atoms in total. The molecule has 2 heterocycles. The number of epoxide rings is 1. The van der Waals surface area contributed by atoms with E-state index in [1.807, 2.05) is 0 Å². The second-order valence-electron chi connectivity index (χ2n) is 5.73. The standard InChI is InChI=1S/C12H15F3O4/c13-12(14,15)6-18-10-2-1-8-9(19-8)7(10)5-11(10)16-3-4-17-11/h7-9H,1-6H2. The van der Waals surface area contributed by atoms with Gasteiger partial charge in [-0.15, -0.1) is 0 Å². The van der Waals surface area contributed by atoms with Crippen LogP contribution in [0.4, 0.5) is 13.2 Å². The van der Waals surface area contributed by atoms with Crippen LogP contribution < -0.4 is 0 Å². The number of hydrogen-bond donors (Lipinski definition) is 0. The smallest absolute Gasteiger partial charge is 0.369 e. The summed E-state index contributed by atoms with van der Waals surface area (Å²) in [7, 11) is 0. The summed E-state index contributed by atoms with van der Waals surface area (Å²) in [5.74, 6) is -1.01. The van der Waals surface area contributed by atoms with Crippen molar-refractivity contribution in [1.29, 1.82) is 0 Å². The van der Waals surface area contributed by atoms with Crippen LogP contribution in [-0.4, -0.2) is 49.6 Å². The fourth-order valence-corrected chi connectivity index (χ4v) is 3.95. The maximum atomic E-state index is 12.5. The van der Waals surface area contributed by atoms with Crippen molar-refractivity contribution in [2.75, 3.05) is 19.8 Å². The van der Waals surface area contributed by atoms with Crippen molar-refractivity contribution in [2.45, 2.75) is 49.0 Å². The highest BCUT2D eigenvalue weighted by Crippen LogP contribution is 2.65. The van der Waals surface area contributed by atoms with Crippen molar-refractivity contribution in [3.05, 3.63) is 0 Å². The average Bonchev–Trinajstić information content (AvgIpc) is 2.91.